The number of rotatable bonds is 6. The fraction of sp³-hybridized carbons (Fsp3) is 0.292. The van der Waals surface area contributed by atoms with Crippen LogP contribution in [0.5, 0.6) is 17.4 Å². The summed E-state index contributed by atoms with van der Waals surface area (Å²) in [6.07, 6.45) is -4.64. The molecule has 0 aliphatic carbocycles. The maximum absolute atomic E-state index is 13.1. The Kier molecular flexibility index (Phi) is 7.37. The van der Waals surface area contributed by atoms with Gasteiger partial charge in [-0.3, -0.25) is 4.57 Å². The number of ether oxygens (including phenoxy) is 3. The van der Waals surface area contributed by atoms with E-state index in [0.29, 0.717) is 37.7 Å². The predicted molar refractivity (Wildman–Crippen MR) is 126 cm³/mol. The molecule has 2 heterocycles. The summed E-state index contributed by atoms with van der Waals surface area (Å²) < 4.78 is 57.4. The van der Waals surface area contributed by atoms with Crippen LogP contribution in [0.3, 0.4) is 0 Å². The zero-order valence-electron chi connectivity index (χ0n) is 19.0. The van der Waals surface area contributed by atoms with Crippen LogP contribution in [0.15, 0.2) is 47.3 Å². The molecule has 0 bridgehead atoms. The lowest BCUT2D eigenvalue weighted by Gasteiger charge is -2.29. The van der Waals surface area contributed by atoms with Crippen molar-refractivity contribution < 1.29 is 27.4 Å². The Labute approximate surface area is 209 Å². The molecule has 4 rings (SSSR count). The Morgan fingerprint density at radius 3 is 2.61 bits per heavy atom. The zero-order valence-corrected chi connectivity index (χ0v) is 19.8. The number of alkyl halides is 3. The van der Waals surface area contributed by atoms with E-state index in [-0.39, 0.29) is 29.7 Å². The summed E-state index contributed by atoms with van der Waals surface area (Å²) in [4.78, 5) is 21.7. The minimum absolute atomic E-state index is 0.00465. The molecule has 3 aromatic rings. The molecule has 0 atom stereocenters. The molecule has 0 spiro atoms. The monoisotopic (exact) mass is 520 g/mol. The van der Waals surface area contributed by atoms with Gasteiger partial charge >= 0.3 is 11.9 Å². The molecule has 12 heteroatoms. The van der Waals surface area contributed by atoms with Crippen LogP contribution in [0.25, 0.3) is 4.85 Å². The topological polar surface area (TPSA) is 70.2 Å². The summed E-state index contributed by atoms with van der Waals surface area (Å²) in [5, 5.41) is -0.450. The first-order chi connectivity index (χ1) is 17.2. The lowest BCUT2D eigenvalue weighted by Crippen LogP contribution is -2.39. The average Bonchev–Trinajstić information content (AvgIpc) is 2.86. The molecule has 1 aromatic heterocycles. The maximum atomic E-state index is 13.1. The third-order valence-corrected chi connectivity index (χ3v) is 5.76. The number of halogens is 4. The van der Waals surface area contributed by atoms with Gasteiger partial charge in [0.15, 0.2) is 0 Å². The molecule has 1 aliphatic heterocycles. The van der Waals surface area contributed by atoms with E-state index >= 15 is 0 Å². The van der Waals surface area contributed by atoms with E-state index in [4.69, 9.17) is 32.4 Å². The third-order valence-electron chi connectivity index (χ3n) is 5.43. The van der Waals surface area contributed by atoms with Crippen LogP contribution in [0.2, 0.25) is 5.02 Å². The largest absolute Gasteiger partial charge is 0.473 e. The van der Waals surface area contributed by atoms with Gasteiger partial charge in [-0.2, -0.15) is 18.2 Å². The second-order valence-electron chi connectivity index (χ2n) is 7.84. The highest BCUT2D eigenvalue weighted by Crippen LogP contribution is 2.39. The summed E-state index contributed by atoms with van der Waals surface area (Å²) in [6.45, 7) is 9.81. The summed E-state index contributed by atoms with van der Waals surface area (Å²) in [7, 11) is 1.63. The molecule has 0 radical (unpaired) electrons. The van der Waals surface area contributed by atoms with E-state index in [1.54, 1.807) is 19.2 Å². The average molecular weight is 521 g/mol. The van der Waals surface area contributed by atoms with Gasteiger partial charge < -0.3 is 19.1 Å². The summed E-state index contributed by atoms with van der Waals surface area (Å²) >= 11 is 5.65. The Bertz CT molecular complexity index is 1360. The Balaban J connectivity index is 1.50. The Morgan fingerprint density at radius 1 is 1.17 bits per heavy atom. The highest BCUT2D eigenvalue weighted by atomic mass is 35.5. The van der Waals surface area contributed by atoms with Crippen molar-refractivity contribution in [3.8, 4) is 17.4 Å². The first-order valence-electron chi connectivity index (χ1n) is 10.7. The number of morpholine rings is 1. The van der Waals surface area contributed by atoms with E-state index < -0.39 is 22.5 Å². The van der Waals surface area contributed by atoms with Crippen molar-refractivity contribution in [1.29, 1.82) is 0 Å². The minimum atomic E-state index is -4.64. The molecule has 1 fully saturated rings. The van der Waals surface area contributed by atoms with Crippen molar-refractivity contribution in [2.24, 2.45) is 7.05 Å². The number of hydrogen-bond donors (Lipinski definition) is 0. The van der Waals surface area contributed by atoms with Crippen molar-refractivity contribution >= 4 is 23.1 Å². The zero-order chi connectivity index (χ0) is 25.9. The number of hydrogen-bond acceptors (Lipinski definition) is 6. The van der Waals surface area contributed by atoms with Crippen LogP contribution < -0.4 is 20.1 Å². The van der Waals surface area contributed by atoms with Gasteiger partial charge in [-0.05, 0) is 35.9 Å². The third kappa shape index (κ3) is 5.72. The van der Waals surface area contributed by atoms with Crippen LogP contribution in [0.4, 0.5) is 24.7 Å². The van der Waals surface area contributed by atoms with E-state index in [1.165, 1.54) is 22.8 Å². The van der Waals surface area contributed by atoms with Gasteiger partial charge in [-0.1, -0.05) is 17.7 Å². The first kappa shape index (κ1) is 25.3. The van der Waals surface area contributed by atoms with Gasteiger partial charge in [0.05, 0.1) is 30.4 Å². The van der Waals surface area contributed by atoms with Gasteiger partial charge in [-0.15, -0.1) is 0 Å². The van der Waals surface area contributed by atoms with Crippen LogP contribution in [-0.4, -0.2) is 35.9 Å². The minimum Gasteiger partial charge on any atom is -0.473 e. The maximum Gasteiger partial charge on any atom is 0.417 e. The first-order valence-corrected chi connectivity index (χ1v) is 11.1. The van der Waals surface area contributed by atoms with Gasteiger partial charge in [-0.25, -0.2) is 9.64 Å². The summed E-state index contributed by atoms with van der Waals surface area (Å²) in [5.41, 5.74) is -0.851. The van der Waals surface area contributed by atoms with Crippen molar-refractivity contribution in [2.45, 2.75) is 12.8 Å². The smallest absolute Gasteiger partial charge is 0.417 e. The van der Waals surface area contributed by atoms with Gasteiger partial charge in [0.25, 0.3) is 0 Å². The van der Waals surface area contributed by atoms with Crippen molar-refractivity contribution in [2.75, 3.05) is 31.2 Å². The molecule has 8 nitrogen and oxygen atoms in total. The van der Waals surface area contributed by atoms with Crippen LogP contribution >= 0.6 is 11.6 Å². The summed E-state index contributed by atoms with van der Waals surface area (Å²) in [5.74, 6) is 0.747. The lowest BCUT2D eigenvalue weighted by molar-refractivity contribution is -0.137. The Morgan fingerprint density at radius 2 is 1.92 bits per heavy atom. The molecule has 188 valence electrons. The second kappa shape index (κ2) is 10.5. The molecule has 1 aliphatic rings. The molecular weight excluding hydrogens is 501 g/mol. The summed E-state index contributed by atoms with van der Waals surface area (Å²) in [6, 6.07) is 9.38. The molecule has 0 amide bonds. The molecule has 2 aromatic carbocycles. The molecular formula is C24H20ClF3N4O4. The van der Waals surface area contributed by atoms with Gasteiger partial charge in [0.1, 0.15) is 23.9 Å². The highest BCUT2D eigenvalue weighted by molar-refractivity contribution is 6.31. The van der Waals surface area contributed by atoms with E-state index in [9.17, 15) is 18.0 Å². The number of aromatic nitrogens is 2. The standard InChI is InChI=1S/C24H20ClF3N4O4/c1-29-19-11-15(3-6-20(19)36-16-4-5-18(25)17(12-16)24(26,27)28)14-35-21-13-22(31(2)23(33)30-21)32-7-9-34-10-8-32/h3-6,11-13H,7-10,14H2,2H3. The van der Waals surface area contributed by atoms with Crippen LogP contribution in [0.1, 0.15) is 11.1 Å². The van der Waals surface area contributed by atoms with E-state index in [2.05, 4.69) is 9.83 Å². The predicted octanol–water partition coefficient (Wildman–Crippen LogP) is 5.21. The number of benzene rings is 2. The highest BCUT2D eigenvalue weighted by Gasteiger charge is 2.33. The fourth-order valence-electron chi connectivity index (χ4n) is 3.57. The Hall–Kier alpha value is -3.75. The molecule has 0 unspecified atom stereocenters. The molecule has 0 saturated carbocycles. The van der Waals surface area contributed by atoms with Crippen molar-refractivity contribution in [3.05, 3.63) is 80.5 Å². The molecule has 1 saturated heterocycles. The number of anilines is 1. The molecule has 36 heavy (non-hydrogen) atoms. The molecule has 0 N–H and O–H groups in total. The fourth-order valence-corrected chi connectivity index (χ4v) is 3.80. The van der Waals surface area contributed by atoms with Gasteiger partial charge in [0.2, 0.25) is 11.6 Å². The van der Waals surface area contributed by atoms with E-state index in [0.717, 1.165) is 12.1 Å². The van der Waals surface area contributed by atoms with Crippen LogP contribution in [-0.2, 0) is 24.6 Å². The van der Waals surface area contributed by atoms with Crippen molar-refractivity contribution in [3.63, 3.8) is 0 Å². The van der Waals surface area contributed by atoms with Gasteiger partial charge in [0, 0.05) is 26.2 Å². The SMILES string of the molecule is [C-]#[N+]c1cc(COc2cc(N3CCOCC3)n(C)c(=O)n2)ccc1Oc1ccc(Cl)c(C(F)(F)F)c1. The normalized spacial score (nSPS) is 13.8. The number of nitrogens with zero attached hydrogens (tertiary/aromatic N) is 4. The van der Waals surface area contributed by atoms with Crippen LogP contribution in [0, 0.1) is 6.57 Å². The van der Waals surface area contributed by atoms with E-state index in [1.807, 2.05) is 4.90 Å². The quantitative estimate of drug-likeness (QED) is 0.416. The van der Waals surface area contributed by atoms with Crippen molar-refractivity contribution in [1.82, 2.24) is 9.55 Å². The lowest BCUT2D eigenvalue weighted by atomic mass is 10.2. The second-order valence-corrected chi connectivity index (χ2v) is 8.24.